The van der Waals surface area contributed by atoms with E-state index >= 15 is 0 Å². The average molecular weight is 1210 g/mol. The molecule has 0 bridgehead atoms. The van der Waals surface area contributed by atoms with Crippen molar-refractivity contribution in [3.8, 4) is 28.5 Å². The van der Waals surface area contributed by atoms with E-state index in [9.17, 15) is 0 Å². The summed E-state index contributed by atoms with van der Waals surface area (Å²) in [6, 6.07) is 95.9. The Kier molecular flexibility index (Phi) is 13.7. The Bertz CT molecular complexity index is 3420. The molecule has 0 saturated heterocycles. The number of fused-ring (bicyclic) bond motifs is 3. The normalized spacial score (nSPS) is 11.4. The zero-order valence-electron chi connectivity index (χ0n) is 38.0. The van der Waals surface area contributed by atoms with Crippen LogP contribution in [-0.2, 0) is 41.5 Å². The fourth-order valence-corrected chi connectivity index (χ4v) is 19.4. The van der Waals surface area contributed by atoms with Gasteiger partial charge in [0.25, 0.3) is 0 Å². The van der Waals surface area contributed by atoms with Gasteiger partial charge in [0, 0.05) is 24.8 Å². The molecule has 4 aromatic heterocycles. The van der Waals surface area contributed by atoms with Gasteiger partial charge in [0.2, 0.25) is 5.95 Å². The van der Waals surface area contributed by atoms with E-state index < -0.39 is 16.1 Å². The van der Waals surface area contributed by atoms with Gasteiger partial charge in [-0.2, -0.15) is 57.5 Å². The van der Waals surface area contributed by atoms with Gasteiger partial charge < -0.3 is 14.5 Å². The van der Waals surface area contributed by atoms with Crippen LogP contribution in [0.5, 0.6) is 0 Å². The molecular weight excluding hydrogens is 1170 g/mol. The molecule has 0 saturated carbocycles. The quantitative estimate of drug-likeness (QED) is 0.0760. The monoisotopic (exact) mass is 1210 g/mol. The van der Waals surface area contributed by atoms with Crippen LogP contribution in [0.2, 0.25) is 0 Å². The van der Waals surface area contributed by atoms with Crippen LogP contribution < -0.4 is 41.5 Å². The first-order valence-corrected chi connectivity index (χ1v) is 27.0. The standard InChI is InChI=1S/C62H41N5Si2.Pd.Pt/c1-5-22-48(23-6-1)68(49-24-7-2-8-25-49,52-30-17-20-46(42-52)58-32-13-15-38-63-58)54-34-36-56-57-37-35-55(45-61(57)67(60(56)44-54)62-65-40-19-41-66-62)69(50-26-9-3-10-27-50,51-28-11-4-12-29-51)53-31-18-21-47(43-53)59-33-14-16-39-64-59;;/h1-41H;;/q-4;2*+2. The van der Waals surface area contributed by atoms with Crippen molar-refractivity contribution in [3.05, 3.63) is 274 Å². The van der Waals surface area contributed by atoms with Crippen molar-refractivity contribution < 1.29 is 41.5 Å². The van der Waals surface area contributed by atoms with Crippen LogP contribution in [0.4, 0.5) is 0 Å². The first kappa shape index (κ1) is 47.4. The van der Waals surface area contributed by atoms with Crippen molar-refractivity contribution >= 4 is 79.4 Å². The summed E-state index contributed by atoms with van der Waals surface area (Å²) in [6.07, 6.45) is 7.30. The summed E-state index contributed by atoms with van der Waals surface area (Å²) in [5, 5.41) is 11.3. The summed E-state index contributed by atoms with van der Waals surface area (Å²) >= 11 is 0. The summed E-state index contributed by atoms with van der Waals surface area (Å²) in [5.74, 6) is 0.546. The predicted molar refractivity (Wildman–Crippen MR) is 285 cm³/mol. The molecule has 71 heavy (non-hydrogen) atoms. The minimum Gasteiger partial charge on any atom is -0.328 e. The van der Waals surface area contributed by atoms with Gasteiger partial charge in [0.15, 0.2) is 0 Å². The van der Waals surface area contributed by atoms with Gasteiger partial charge in [-0.15, -0.1) is 70.0 Å². The molecular formula is C62H41N5PdPtSi2. The SMILES string of the molecule is [Pd+2].[Pt+2].[c-]1c(-c2ccccn2)cccc1[Si](c1[c-]c2c(cc1)c1ccc([Si](c3[c-]c(-c4ccccn4)ccc3)(c3ccccc3)c3ccccc3)[c-]c1n2-c1ncccn1)(c1ccccc1)c1ccccc1. The first-order valence-electron chi connectivity index (χ1n) is 23.0. The van der Waals surface area contributed by atoms with Gasteiger partial charge in [0.05, 0.1) is 0 Å². The van der Waals surface area contributed by atoms with Crippen molar-refractivity contribution in [3.63, 3.8) is 0 Å². The Hall–Kier alpha value is -7.28. The number of benzene rings is 8. The van der Waals surface area contributed by atoms with E-state index in [0.717, 1.165) is 65.1 Å². The van der Waals surface area contributed by atoms with Crippen molar-refractivity contribution in [2.45, 2.75) is 0 Å². The Labute approximate surface area is 444 Å². The molecule has 0 aliphatic heterocycles. The van der Waals surface area contributed by atoms with Crippen LogP contribution in [0, 0.1) is 24.3 Å². The van der Waals surface area contributed by atoms with Crippen LogP contribution >= 0.6 is 0 Å². The second-order valence-electron chi connectivity index (χ2n) is 17.0. The van der Waals surface area contributed by atoms with Gasteiger partial charge in [-0.3, -0.25) is 0 Å². The average Bonchev–Trinajstić information content (AvgIpc) is 3.76. The van der Waals surface area contributed by atoms with Gasteiger partial charge in [-0.1, -0.05) is 157 Å². The summed E-state index contributed by atoms with van der Waals surface area (Å²) in [6.45, 7) is 0. The molecule has 4 heterocycles. The Morgan fingerprint density at radius 1 is 0.310 bits per heavy atom. The Balaban J connectivity index is 0.00000291. The summed E-state index contributed by atoms with van der Waals surface area (Å²) < 4.78 is 2.17. The molecule has 0 aliphatic rings. The van der Waals surface area contributed by atoms with E-state index in [2.05, 4.69) is 211 Å². The number of aromatic nitrogens is 5. The number of hydrogen-bond acceptors (Lipinski definition) is 4. The topological polar surface area (TPSA) is 56.5 Å². The van der Waals surface area contributed by atoms with Crippen molar-refractivity contribution in [2.24, 2.45) is 0 Å². The van der Waals surface area contributed by atoms with E-state index in [1.54, 1.807) is 0 Å². The summed E-state index contributed by atoms with van der Waals surface area (Å²) in [7, 11) is -6.33. The third kappa shape index (κ3) is 8.32. The van der Waals surface area contributed by atoms with Gasteiger partial charge >= 0.3 is 41.5 Å². The van der Waals surface area contributed by atoms with E-state index in [1.165, 1.54) is 20.7 Å². The largest absolute Gasteiger partial charge is 2.00 e. The molecule has 0 aliphatic carbocycles. The molecule has 12 aromatic rings. The molecule has 0 spiro atoms. The van der Waals surface area contributed by atoms with Gasteiger partial charge in [-0.05, 0) is 50.3 Å². The number of rotatable bonds is 11. The van der Waals surface area contributed by atoms with Gasteiger partial charge in [0.1, 0.15) is 16.1 Å². The second kappa shape index (κ2) is 20.6. The minimum atomic E-state index is -3.17. The maximum absolute atomic E-state index is 4.95. The van der Waals surface area contributed by atoms with E-state index in [0.29, 0.717) is 5.95 Å². The molecule has 5 nitrogen and oxygen atoms in total. The fraction of sp³-hybridized carbons (Fsp3) is 0. The van der Waals surface area contributed by atoms with E-state index in [1.807, 2.05) is 67.3 Å². The molecule has 342 valence electrons. The third-order valence-electron chi connectivity index (χ3n) is 13.3. The molecule has 0 amide bonds. The molecule has 0 N–H and O–H groups in total. The number of nitrogens with zero attached hydrogens (tertiary/aromatic N) is 5. The van der Waals surface area contributed by atoms with Crippen LogP contribution in [-0.4, -0.2) is 40.7 Å². The predicted octanol–water partition coefficient (Wildman–Crippen LogP) is 7.65. The van der Waals surface area contributed by atoms with E-state index in [-0.39, 0.29) is 41.5 Å². The van der Waals surface area contributed by atoms with Crippen molar-refractivity contribution in [1.82, 2.24) is 24.5 Å². The smallest absolute Gasteiger partial charge is 0.328 e. The van der Waals surface area contributed by atoms with Crippen LogP contribution in [0.25, 0.3) is 50.3 Å². The second-order valence-corrected chi connectivity index (χ2v) is 24.5. The minimum absolute atomic E-state index is 0. The number of pyridine rings is 2. The van der Waals surface area contributed by atoms with Crippen LogP contribution in [0.1, 0.15) is 0 Å². The van der Waals surface area contributed by atoms with Crippen molar-refractivity contribution in [1.29, 1.82) is 0 Å². The molecule has 12 rings (SSSR count). The molecule has 8 aromatic carbocycles. The summed E-state index contributed by atoms with van der Waals surface area (Å²) in [4.78, 5) is 19.4. The van der Waals surface area contributed by atoms with E-state index in [4.69, 9.17) is 19.9 Å². The van der Waals surface area contributed by atoms with Crippen molar-refractivity contribution in [2.75, 3.05) is 0 Å². The fourth-order valence-electron chi connectivity index (χ4n) is 10.2. The van der Waals surface area contributed by atoms with Crippen LogP contribution in [0.3, 0.4) is 0 Å². The zero-order chi connectivity index (χ0) is 46.0. The molecule has 0 fully saturated rings. The maximum Gasteiger partial charge on any atom is 2.00 e. The van der Waals surface area contributed by atoms with Crippen LogP contribution in [0.15, 0.2) is 249 Å². The molecule has 9 heteroatoms. The maximum atomic E-state index is 4.95. The molecule has 0 atom stereocenters. The molecule has 0 unspecified atom stereocenters. The molecule has 0 radical (unpaired) electrons. The number of hydrogen-bond donors (Lipinski definition) is 0. The summed E-state index contributed by atoms with van der Waals surface area (Å²) in [5.41, 5.74) is 5.40. The first-order chi connectivity index (χ1) is 34.2. The van der Waals surface area contributed by atoms with Gasteiger partial charge in [-0.25, -0.2) is 9.97 Å². The Morgan fingerprint density at radius 3 is 1.03 bits per heavy atom. The Morgan fingerprint density at radius 2 is 0.662 bits per heavy atom. The zero-order valence-corrected chi connectivity index (χ0v) is 43.9. The third-order valence-corrected chi connectivity index (χ3v) is 22.5.